The maximum absolute atomic E-state index is 11.0. The van der Waals surface area contributed by atoms with E-state index in [9.17, 15) is 8.42 Å². The van der Waals surface area contributed by atoms with Crippen molar-refractivity contribution in [1.29, 1.82) is 0 Å². The van der Waals surface area contributed by atoms with E-state index in [0.717, 1.165) is 11.5 Å². The molecule has 1 aromatic carbocycles. The summed E-state index contributed by atoms with van der Waals surface area (Å²) in [5.41, 5.74) is 0. The van der Waals surface area contributed by atoms with E-state index >= 15 is 0 Å². The fraction of sp³-hybridized carbons (Fsp3) is 0.588. The van der Waals surface area contributed by atoms with Gasteiger partial charge in [0.1, 0.15) is 27.4 Å². The summed E-state index contributed by atoms with van der Waals surface area (Å²) < 4.78 is 38.3. The third-order valence-corrected chi connectivity index (χ3v) is 4.20. The monoisotopic (exact) mass is 515 g/mol. The second-order valence-corrected chi connectivity index (χ2v) is 7.99. The average molecular weight is 515 g/mol. The lowest BCUT2D eigenvalue weighted by Crippen LogP contribution is -2.42. The Balaban J connectivity index is 0.00000676. The van der Waals surface area contributed by atoms with Crippen LogP contribution in [-0.4, -0.2) is 73.0 Å². The minimum atomic E-state index is -2.98. The zero-order valence-corrected chi connectivity index (χ0v) is 19.4. The highest BCUT2D eigenvalue weighted by Crippen LogP contribution is 2.19. The largest absolute Gasteiger partial charge is 0.497 e. The molecule has 0 fully saturated rings. The Hall–Kier alpha value is -1.27. The number of hydrogen-bond donors (Lipinski definition) is 2. The van der Waals surface area contributed by atoms with Gasteiger partial charge in [0.05, 0.1) is 32.6 Å². The molecule has 1 unspecified atom stereocenters. The van der Waals surface area contributed by atoms with Crippen LogP contribution >= 0.6 is 24.0 Å². The first-order chi connectivity index (χ1) is 12.3. The molecule has 0 heterocycles. The van der Waals surface area contributed by atoms with Crippen LogP contribution in [0, 0.1) is 0 Å². The highest BCUT2D eigenvalue weighted by atomic mass is 127. The van der Waals surface area contributed by atoms with Crippen LogP contribution in [0.1, 0.15) is 6.92 Å². The van der Waals surface area contributed by atoms with E-state index in [1.165, 1.54) is 6.26 Å². The Kier molecular flexibility index (Phi) is 13.2. The number of benzene rings is 1. The fourth-order valence-corrected chi connectivity index (χ4v) is 2.38. The first-order valence-corrected chi connectivity index (χ1v) is 10.4. The van der Waals surface area contributed by atoms with Crippen LogP contribution in [0.3, 0.4) is 0 Å². The summed E-state index contributed by atoms with van der Waals surface area (Å²) >= 11 is 0. The van der Waals surface area contributed by atoms with Crippen molar-refractivity contribution in [1.82, 2.24) is 10.6 Å². The lowest BCUT2D eigenvalue weighted by atomic mass is 10.3. The maximum Gasteiger partial charge on any atom is 0.191 e. The van der Waals surface area contributed by atoms with Crippen LogP contribution in [0.4, 0.5) is 0 Å². The summed E-state index contributed by atoms with van der Waals surface area (Å²) in [4.78, 5) is 4.12. The quantitative estimate of drug-likeness (QED) is 0.199. The molecule has 8 nitrogen and oxygen atoms in total. The molecule has 10 heteroatoms. The standard InChI is InChI=1S/C17H29N3O5S.HI/c1-14(25-16-7-5-6-15(12-16)23-3)13-20-17(18-2)19-8-9-24-10-11-26(4,21)22;/h5-7,12,14H,8-11,13H2,1-4H3,(H2,18,19,20);1H. The molecule has 27 heavy (non-hydrogen) atoms. The molecule has 0 bridgehead atoms. The third-order valence-electron chi connectivity index (χ3n) is 3.30. The minimum Gasteiger partial charge on any atom is -0.497 e. The number of aliphatic imine (C=N–C) groups is 1. The summed E-state index contributed by atoms with van der Waals surface area (Å²) in [6.45, 7) is 3.62. The predicted octanol–water partition coefficient (Wildman–Crippen LogP) is 1.31. The topological polar surface area (TPSA) is 98.3 Å². The van der Waals surface area contributed by atoms with Crippen LogP contribution in [0.15, 0.2) is 29.3 Å². The Morgan fingerprint density at radius 1 is 1.22 bits per heavy atom. The van der Waals surface area contributed by atoms with Crippen LogP contribution in [-0.2, 0) is 14.6 Å². The molecule has 0 spiro atoms. The van der Waals surface area contributed by atoms with Gasteiger partial charge >= 0.3 is 0 Å². The van der Waals surface area contributed by atoms with Gasteiger partial charge in [-0.25, -0.2) is 8.42 Å². The molecule has 1 atom stereocenters. The van der Waals surface area contributed by atoms with Gasteiger partial charge in [-0.15, -0.1) is 24.0 Å². The van der Waals surface area contributed by atoms with E-state index in [1.807, 2.05) is 31.2 Å². The molecule has 0 aliphatic heterocycles. The smallest absolute Gasteiger partial charge is 0.191 e. The normalized spacial score (nSPS) is 12.7. The zero-order valence-electron chi connectivity index (χ0n) is 16.2. The first-order valence-electron chi connectivity index (χ1n) is 8.34. The third kappa shape index (κ3) is 12.7. The average Bonchev–Trinajstić information content (AvgIpc) is 2.59. The molecule has 0 amide bonds. The van der Waals surface area contributed by atoms with Gasteiger partial charge < -0.3 is 24.8 Å². The highest BCUT2D eigenvalue weighted by molar-refractivity contribution is 14.0. The van der Waals surface area contributed by atoms with Gasteiger partial charge in [0, 0.05) is 25.9 Å². The lowest BCUT2D eigenvalue weighted by Gasteiger charge is -2.18. The molecular weight excluding hydrogens is 485 g/mol. The number of hydrogen-bond acceptors (Lipinski definition) is 6. The van der Waals surface area contributed by atoms with Crippen molar-refractivity contribution in [3.05, 3.63) is 24.3 Å². The Morgan fingerprint density at radius 2 is 1.93 bits per heavy atom. The number of methoxy groups -OCH3 is 1. The minimum absolute atomic E-state index is 0. The number of sulfone groups is 1. The van der Waals surface area contributed by atoms with Gasteiger partial charge in [0.2, 0.25) is 0 Å². The van der Waals surface area contributed by atoms with Gasteiger partial charge in [-0.05, 0) is 19.1 Å². The van der Waals surface area contributed by atoms with Crippen molar-refractivity contribution in [3.8, 4) is 11.5 Å². The van der Waals surface area contributed by atoms with E-state index < -0.39 is 9.84 Å². The maximum atomic E-state index is 11.0. The van der Waals surface area contributed by atoms with Crippen LogP contribution < -0.4 is 20.1 Å². The summed E-state index contributed by atoms with van der Waals surface area (Å²) in [5.74, 6) is 2.13. The summed E-state index contributed by atoms with van der Waals surface area (Å²) in [7, 11) is 0.306. The van der Waals surface area contributed by atoms with Gasteiger partial charge in [-0.1, -0.05) is 6.07 Å². The molecule has 1 rings (SSSR count). The number of rotatable bonds is 11. The van der Waals surface area contributed by atoms with Crippen LogP contribution in [0.2, 0.25) is 0 Å². The predicted molar refractivity (Wildman–Crippen MR) is 118 cm³/mol. The number of halogens is 1. The molecular formula is C17H30IN3O5S. The molecule has 2 N–H and O–H groups in total. The summed E-state index contributed by atoms with van der Waals surface area (Å²) in [5, 5.41) is 6.26. The van der Waals surface area contributed by atoms with Crippen LogP contribution in [0.25, 0.3) is 0 Å². The van der Waals surface area contributed by atoms with Gasteiger partial charge in [-0.3, -0.25) is 4.99 Å². The van der Waals surface area contributed by atoms with Crippen molar-refractivity contribution in [3.63, 3.8) is 0 Å². The zero-order chi connectivity index (χ0) is 19.4. The van der Waals surface area contributed by atoms with E-state index in [1.54, 1.807) is 14.2 Å². The highest BCUT2D eigenvalue weighted by Gasteiger charge is 2.07. The van der Waals surface area contributed by atoms with Crippen molar-refractivity contribution < 1.29 is 22.6 Å². The fourth-order valence-electron chi connectivity index (χ4n) is 1.96. The van der Waals surface area contributed by atoms with E-state index in [0.29, 0.717) is 25.7 Å². The molecule has 156 valence electrons. The second kappa shape index (κ2) is 13.8. The molecule has 0 radical (unpaired) electrons. The first kappa shape index (κ1) is 25.7. The van der Waals surface area contributed by atoms with Crippen LogP contribution in [0.5, 0.6) is 11.5 Å². The second-order valence-electron chi connectivity index (χ2n) is 5.73. The molecule has 0 saturated heterocycles. The molecule has 0 aromatic heterocycles. The van der Waals surface area contributed by atoms with Crippen molar-refractivity contribution >= 4 is 39.8 Å². The Labute approximate surface area is 179 Å². The van der Waals surface area contributed by atoms with Gasteiger partial charge in [0.15, 0.2) is 5.96 Å². The summed E-state index contributed by atoms with van der Waals surface area (Å²) in [6.07, 6.45) is 1.11. The number of nitrogens with one attached hydrogen (secondary N) is 2. The summed E-state index contributed by atoms with van der Waals surface area (Å²) in [6, 6.07) is 7.44. The van der Waals surface area contributed by atoms with Crippen molar-refractivity contribution in [2.24, 2.45) is 4.99 Å². The Morgan fingerprint density at radius 3 is 2.56 bits per heavy atom. The van der Waals surface area contributed by atoms with Gasteiger partial charge in [-0.2, -0.15) is 0 Å². The molecule has 0 saturated carbocycles. The van der Waals surface area contributed by atoms with E-state index in [-0.39, 0.29) is 42.4 Å². The molecule has 1 aromatic rings. The molecule has 0 aliphatic rings. The van der Waals surface area contributed by atoms with Crippen molar-refractivity contribution in [2.75, 3.05) is 52.5 Å². The number of ether oxygens (including phenoxy) is 3. The number of nitrogens with zero attached hydrogens (tertiary/aromatic N) is 1. The molecule has 0 aliphatic carbocycles. The Bertz CT molecular complexity index is 670. The van der Waals surface area contributed by atoms with E-state index in [4.69, 9.17) is 14.2 Å². The van der Waals surface area contributed by atoms with E-state index in [2.05, 4.69) is 15.6 Å². The lowest BCUT2D eigenvalue weighted by molar-refractivity contribution is 0.154. The number of guanidine groups is 1. The SMILES string of the molecule is CN=C(NCCOCCS(C)(=O)=O)NCC(C)Oc1cccc(OC)c1.I. The van der Waals surface area contributed by atoms with Gasteiger partial charge in [0.25, 0.3) is 0 Å². The van der Waals surface area contributed by atoms with Crippen molar-refractivity contribution in [2.45, 2.75) is 13.0 Å².